The fourth-order valence-electron chi connectivity index (χ4n) is 4.54. The van der Waals surface area contributed by atoms with Crippen LogP contribution >= 0.6 is 0 Å². The molecule has 0 unspecified atom stereocenters. The molecular formula is C19H24N4O2. The third-order valence-electron chi connectivity index (χ3n) is 5.99. The van der Waals surface area contributed by atoms with Gasteiger partial charge in [-0.2, -0.15) is 0 Å². The van der Waals surface area contributed by atoms with E-state index in [-0.39, 0.29) is 23.8 Å². The number of nitrogens with zero attached hydrogens (tertiary/aromatic N) is 4. The Labute approximate surface area is 147 Å². The highest BCUT2D eigenvalue weighted by molar-refractivity contribution is 5.83. The smallest absolute Gasteiger partial charge is 0.227 e. The van der Waals surface area contributed by atoms with Crippen molar-refractivity contribution in [3.63, 3.8) is 0 Å². The Bertz CT molecular complexity index is 766. The molecule has 0 radical (unpaired) electrons. The van der Waals surface area contributed by atoms with Crippen LogP contribution in [0, 0.1) is 5.92 Å². The van der Waals surface area contributed by atoms with Gasteiger partial charge in [0.25, 0.3) is 0 Å². The highest BCUT2D eigenvalue weighted by Crippen LogP contribution is 2.50. The highest BCUT2D eigenvalue weighted by Gasteiger charge is 2.49. The molecule has 6 heteroatoms. The number of piperidine rings is 1. The van der Waals surface area contributed by atoms with E-state index < -0.39 is 0 Å². The third-order valence-corrected chi connectivity index (χ3v) is 5.99. The maximum atomic E-state index is 13.2. The van der Waals surface area contributed by atoms with E-state index in [0.717, 1.165) is 62.6 Å². The number of fused-ring (bicyclic) bond motifs is 1. The van der Waals surface area contributed by atoms with Crippen LogP contribution in [0.25, 0.3) is 0 Å². The fourth-order valence-corrected chi connectivity index (χ4v) is 4.54. The van der Waals surface area contributed by atoms with E-state index >= 15 is 0 Å². The second-order valence-corrected chi connectivity index (χ2v) is 7.59. The number of hydrogen-bond donors (Lipinski definition) is 0. The predicted molar refractivity (Wildman–Crippen MR) is 90.8 cm³/mol. The fraction of sp³-hybridized carbons (Fsp3) is 0.632. The van der Waals surface area contributed by atoms with Crippen molar-refractivity contribution in [1.29, 1.82) is 0 Å². The Morgan fingerprint density at radius 1 is 1.16 bits per heavy atom. The van der Waals surface area contributed by atoms with Crippen molar-refractivity contribution in [3.05, 3.63) is 35.8 Å². The Morgan fingerprint density at radius 2 is 2.08 bits per heavy atom. The summed E-state index contributed by atoms with van der Waals surface area (Å²) in [6.45, 7) is 1.84. The van der Waals surface area contributed by atoms with E-state index in [1.165, 1.54) is 12.8 Å². The minimum absolute atomic E-state index is 0.0792. The van der Waals surface area contributed by atoms with E-state index in [4.69, 9.17) is 4.42 Å². The van der Waals surface area contributed by atoms with Crippen molar-refractivity contribution in [2.24, 2.45) is 5.92 Å². The summed E-state index contributed by atoms with van der Waals surface area (Å²) in [7, 11) is 0. The zero-order valence-corrected chi connectivity index (χ0v) is 14.4. The standard InChI is InChI=1S/C19H24N4O2/c24-19(14-12-13(14)16-7-5-11-25-16)22-9-3-1-6-15(22)18-21-20-17-8-2-4-10-23(17)18/h5,7,11,13-15H,1-4,6,8-10,12H2/t13-,14-,15+/m1/s1. The second-order valence-electron chi connectivity index (χ2n) is 7.59. The van der Waals surface area contributed by atoms with Crippen LogP contribution in [0.4, 0.5) is 0 Å². The molecule has 2 aliphatic heterocycles. The van der Waals surface area contributed by atoms with E-state index in [1.54, 1.807) is 6.26 Å². The van der Waals surface area contributed by atoms with E-state index in [1.807, 2.05) is 12.1 Å². The van der Waals surface area contributed by atoms with Gasteiger partial charge in [-0.25, -0.2) is 0 Å². The second kappa shape index (κ2) is 6.00. The largest absolute Gasteiger partial charge is 0.469 e. The van der Waals surface area contributed by atoms with Gasteiger partial charge >= 0.3 is 0 Å². The monoisotopic (exact) mass is 340 g/mol. The summed E-state index contributed by atoms with van der Waals surface area (Å²) in [4.78, 5) is 15.3. The molecular weight excluding hydrogens is 316 g/mol. The summed E-state index contributed by atoms with van der Waals surface area (Å²) in [5.41, 5.74) is 0. The van der Waals surface area contributed by atoms with Crippen LogP contribution < -0.4 is 0 Å². The molecule has 1 aliphatic carbocycles. The molecule has 5 rings (SSSR count). The van der Waals surface area contributed by atoms with Crippen LogP contribution in [0.3, 0.4) is 0 Å². The number of amides is 1. The van der Waals surface area contributed by atoms with Crippen molar-refractivity contribution in [3.8, 4) is 0 Å². The quantitative estimate of drug-likeness (QED) is 0.861. The van der Waals surface area contributed by atoms with Crippen LogP contribution in [0.5, 0.6) is 0 Å². The Hall–Kier alpha value is -2.11. The number of carbonyl (C=O) groups excluding carboxylic acids is 1. The van der Waals surface area contributed by atoms with Crippen molar-refractivity contribution in [2.75, 3.05) is 6.54 Å². The number of carbonyl (C=O) groups is 1. The van der Waals surface area contributed by atoms with Gasteiger partial charge in [-0.3, -0.25) is 4.79 Å². The number of likely N-dealkylation sites (tertiary alicyclic amines) is 1. The lowest BCUT2D eigenvalue weighted by Gasteiger charge is -2.36. The molecule has 132 valence electrons. The van der Waals surface area contributed by atoms with E-state index in [9.17, 15) is 4.79 Å². The highest BCUT2D eigenvalue weighted by atomic mass is 16.3. The van der Waals surface area contributed by atoms with Gasteiger partial charge in [-0.05, 0) is 50.7 Å². The van der Waals surface area contributed by atoms with Crippen molar-refractivity contribution < 1.29 is 9.21 Å². The van der Waals surface area contributed by atoms with Gasteiger partial charge in [0.15, 0.2) is 5.82 Å². The van der Waals surface area contributed by atoms with E-state index in [0.29, 0.717) is 0 Å². The number of furan rings is 1. The Kier molecular flexibility index (Phi) is 3.64. The molecule has 2 fully saturated rings. The zero-order valence-electron chi connectivity index (χ0n) is 14.4. The van der Waals surface area contributed by atoms with Gasteiger partial charge in [0.1, 0.15) is 11.6 Å². The normalized spacial score (nSPS) is 28.6. The lowest BCUT2D eigenvalue weighted by atomic mass is 9.99. The first-order chi connectivity index (χ1) is 12.3. The first-order valence-electron chi connectivity index (χ1n) is 9.59. The molecule has 25 heavy (non-hydrogen) atoms. The Balaban J connectivity index is 1.38. The molecule has 0 N–H and O–H groups in total. The third kappa shape index (κ3) is 2.58. The number of aromatic nitrogens is 3. The first kappa shape index (κ1) is 15.2. The summed E-state index contributed by atoms with van der Waals surface area (Å²) < 4.78 is 7.78. The average Bonchev–Trinajstić information content (AvgIpc) is 3.08. The number of rotatable bonds is 3. The van der Waals surface area contributed by atoms with Crippen molar-refractivity contribution >= 4 is 5.91 Å². The van der Waals surface area contributed by atoms with Gasteiger partial charge in [0, 0.05) is 31.3 Å². The molecule has 1 saturated carbocycles. The summed E-state index contributed by atoms with van der Waals surface area (Å²) in [5, 5.41) is 8.91. The minimum Gasteiger partial charge on any atom is -0.469 e. The molecule has 0 aromatic carbocycles. The molecule has 3 atom stereocenters. The van der Waals surface area contributed by atoms with Gasteiger partial charge in [-0.15, -0.1) is 10.2 Å². The first-order valence-corrected chi connectivity index (χ1v) is 9.59. The number of aryl methyl sites for hydroxylation is 1. The summed E-state index contributed by atoms with van der Waals surface area (Å²) in [6, 6.07) is 3.99. The minimum atomic E-state index is 0.0792. The molecule has 3 aliphatic rings. The molecule has 1 saturated heterocycles. The molecule has 4 heterocycles. The summed E-state index contributed by atoms with van der Waals surface area (Å²) in [6.07, 6.45) is 9.23. The lowest BCUT2D eigenvalue weighted by molar-refractivity contribution is -0.136. The molecule has 2 aromatic heterocycles. The van der Waals surface area contributed by atoms with Crippen LogP contribution in [-0.4, -0.2) is 32.1 Å². The molecule has 1 amide bonds. The topological polar surface area (TPSA) is 64.2 Å². The van der Waals surface area contributed by atoms with Crippen LogP contribution in [0.2, 0.25) is 0 Å². The van der Waals surface area contributed by atoms with E-state index in [2.05, 4.69) is 19.7 Å². The van der Waals surface area contributed by atoms with Crippen LogP contribution in [-0.2, 0) is 17.8 Å². The van der Waals surface area contributed by atoms with Crippen LogP contribution in [0.15, 0.2) is 22.8 Å². The average molecular weight is 340 g/mol. The summed E-state index contributed by atoms with van der Waals surface area (Å²) >= 11 is 0. The molecule has 6 nitrogen and oxygen atoms in total. The SMILES string of the molecule is O=C([C@@H]1C[C@H]1c1ccco1)N1CCCC[C@H]1c1nnc2n1CCCC2. The Morgan fingerprint density at radius 3 is 2.96 bits per heavy atom. The zero-order chi connectivity index (χ0) is 16.8. The lowest BCUT2D eigenvalue weighted by Crippen LogP contribution is -2.41. The van der Waals surface area contributed by atoms with Crippen LogP contribution in [0.1, 0.15) is 67.9 Å². The van der Waals surface area contributed by atoms with Gasteiger partial charge in [-0.1, -0.05) is 0 Å². The number of hydrogen-bond acceptors (Lipinski definition) is 4. The molecule has 0 bridgehead atoms. The van der Waals surface area contributed by atoms with Crippen molar-refractivity contribution in [1.82, 2.24) is 19.7 Å². The van der Waals surface area contributed by atoms with Gasteiger partial charge in [0.05, 0.1) is 12.3 Å². The summed E-state index contributed by atoms with van der Waals surface area (Å²) in [5.74, 6) is 3.68. The maximum Gasteiger partial charge on any atom is 0.227 e. The molecule has 2 aromatic rings. The molecule has 0 spiro atoms. The maximum absolute atomic E-state index is 13.2. The predicted octanol–water partition coefficient (Wildman–Crippen LogP) is 3.06. The van der Waals surface area contributed by atoms with Crippen molar-refractivity contribution in [2.45, 2.75) is 63.5 Å². The van der Waals surface area contributed by atoms with Gasteiger partial charge < -0.3 is 13.9 Å². The van der Waals surface area contributed by atoms with Gasteiger partial charge in [0.2, 0.25) is 5.91 Å².